The molecule has 1 aromatic carbocycles. The number of nitrogens with zero attached hydrogens (tertiary/aromatic N) is 1. The molecule has 0 bridgehead atoms. The predicted molar refractivity (Wildman–Crippen MR) is 82.1 cm³/mol. The van der Waals surface area contributed by atoms with Gasteiger partial charge in [-0.3, -0.25) is 9.78 Å². The molecule has 1 amide bonds. The number of nitrogens with one attached hydrogen (secondary N) is 1. The van der Waals surface area contributed by atoms with Gasteiger partial charge in [0, 0.05) is 24.5 Å². The second-order valence-electron chi connectivity index (χ2n) is 5.14. The number of aromatic nitrogens is 1. The van der Waals surface area contributed by atoms with Crippen LogP contribution in [0.2, 0.25) is 0 Å². The van der Waals surface area contributed by atoms with Crippen molar-refractivity contribution in [3.8, 4) is 11.5 Å². The first kappa shape index (κ1) is 14.4. The van der Waals surface area contributed by atoms with Gasteiger partial charge in [-0.1, -0.05) is 6.07 Å². The Labute approximate surface area is 129 Å². The van der Waals surface area contributed by atoms with E-state index in [0.717, 1.165) is 19.3 Å². The van der Waals surface area contributed by atoms with E-state index in [0.29, 0.717) is 23.6 Å². The molecule has 22 heavy (non-hydrogen) atoms. The average Bonchev–Trinajstić information content (AvgIpc) is 3.03. The summed E-state index contributed by atoms with van der Waals surface area (Å²) in [6.45, 7) is 0.877. The molecule has 0 saturated carbocycles. The Bertz CT molecular complexity index is 644. The summed E-state index contributed by atoms with van der Waals surface area (Å²) in [5, 5.41) is 2.93. The Kier molecular flexibility index (Phi) is 4.53. The third-order valence-electron chi connectivity index (χ3n) is 3.54. The second-order valence-corrected chi connectivity index (χ2v) is 5.14. The van der Waals surface area contributed by atoms with Gasteiger partial charge in [0.15, 0.2) is 11.5 Å². The van der Waals surface area contributed by atoms with Crippen LogP contribution < -0.4 is 14.8 Å². The number of rotatable bonds is 6. The molecule has 5 nitrogen and oxygen atoms in total. The average molecular weight is 298 g/mol. The zero-order valence-electron chi connectivity index (χ0n) is 12.2. The smallest absolute Gasteiger partial charge is 0.251 e. The van der Waals surface area contributed by atoms with Crippen LogP contribution in [-0.2, 0) is 6.42 Å². The Morgan fingerprint density at radius 1 is 1.18 bits per heavy atom. The van der Waals surface area contributed by atoms with Crippen molar-refractivity contribution < 1.29 is 14.3 Å². The summed E-state index contributed by atoms with van der Waals surface area (Å²) in [4.78, 5) is 16.1. The van der Waals surface area contributed by atoms with Crippen LogP contribution in [0.15, 0.2) is 42.7 Å². The molecule has 2 aromatic rings. The van der Waals surface area contributed by atoms with E-state index >= 15 is 0 Å². The SMILES string of the molecule is O=C(NCCCCc1cccnc1)c1ccc2c(c1)OCO2. The topological polar surface area (TPSA) is 60.5 Å². The van der Waals surface area contributed by atoms with Gasteiger partial charge in [-0.15, -0.1) is 0 Å². The van der Waals surface area contributed by atoms with Crippen molar-refractivity contribution in [1.29, 1.82) is 0 Å². The number of ether oxygens (including phenoxy) is 2. The molecule has 1 aliphatic rings. The first-order valence-corrected chi connectivity index (χ1v) is 7.40. The van der Waals surface area contributed by atoms with Gasteiger partial charge < -0.3 is 14.8 Å². The Balaban J connectivity index is 1.41. The minimum atomic E-state index is -0.0836. The van der Waals surface area contributed by atoms with E-state index in [1.54, 1.807) is 24.4 Å². The number of hydrogen-bond acceptors (Lipinski definition) is 4. The quantitative estimate of drug-likeness (QED) is 0.833. The minimum Gasteiger partial charge on any atom is -0.454 e. The first-order valence-electron chi connectivity index (χ1n) is 7.40. The third-order valence-corrected chi connectivity index (χ3v) is 3.54. The lowest BCUT2D eigenvalue weighted by atomic mass is 10.1. The second kappa shape index (κ2) is 6.93. The van der Waals surface area contributed by atoms with E-state index in [2.05, 4.69) is 16.4 Å². The van der Waals surface area contributed by atoms with E-state index in [4.69, 9.17) is 9.47 Å². The maximum absolute atomic E-state index is 12.1. The van der Waals surface area contributed by atoms with E-state index in [9.17, 15) is 4.79 Å². The largest absolute Gasteiger partial charge is 0.454 e. The van der Waals surface area contributed by atoms with Gasteiger partial charge in [-0.25, -0.2) is 0 Å². The highest BCUT2D eigenvalue weighted by Gasteiger charge is 2.15. The van der Waals surface area contributed by atoms with E-state index in [1.165, 1.54) is 5.56 Å². The third kappa shape index (κ3) is 3.55. The molecule has 1 aliphatic heterocycles. The summed E-state index contributed by atoms with van der Waals surface area (Å²) in [6.07, 6.45) is 6.59. The summed E-state index contributed by atoms with van der Waals surface area (Å²) in [6, 6.07) is 9.24. The van der Waals surface area contributed by atoms with Crippen LogP contribution in [0.1, 0.15) is 28.8 Å². The van der Waals surface area contributed by atoms with Crippen molar-refractivity contribution in [3.63, 3.8) is 0 Å². The van der Waals surface area contributed by atoms with E-state index in [1.807, 2.05) is 12.3 Å². The molecule has 0 fully saturated rings. The van der Waals surface area contributed by atoms with Crippen molar-refractivity contribution in [2.75, 3.05) is 13.3 Å². The molecule has 0 saturated heterocycles. The Morgan fingerprint density at radius 2 is 2.09 bits per heavy atom. The summed E-state index contributed by atoms with van der Waals surface area (Å²) in [5.41, 5.74) is 1.82. The minimum absolute atomic E-state index is 0.0836. The maximum atomic E-state index is 12.1. The summed E-state index contributed by atoms with van der Waals surface area (Å²) in [7, 11) is 0. The summed E-state index contributed by atoms with van der Waals surface area (Å²) >= 11 is 0. The van der Waals surface area contributed by atoms with Crippen LogP contribution in [-0.4, -0.2) is 24.2 Å². The number of pyridine rings is 1. The standard InChI is InChI=1S/C17H18N2O3/c20-17(14-6-7-15-16(10-14)22-12-21-15)19-9-2-1-4-13-5-3-8-18-11-13/h3,5-8,10-11H,1-2,4,9,12H2,(H,19,20). The van der Waals surface area contributed by atoms with E-state index < -0.39 is 0 Å². The summed E-state index contributed by atoms with van der Waals surface area (Å²) < 4.78 is 10.5. The molecule has 0 radical (unpaired) electrons. The lowest BCUT2D eigenvalue weighted by molar-refractivity contribution is 0.0952. The number of fused-ring (bicyclic) bond motifs is 1. The highest BCUT2D eigenvalue weighted by Crippen LogP contribution is 2.32. The van der Waals surface area contributed by atoms with Crippen molar-refractivity contribution in [2.45, 2.75) is 19.3 Å². The molecule has 0 atom stereocenters. The highest BCUT2D eigenvalue weighted by atomic mass is 16.7. The molecule has 0 unspecified atom stereocenters. The number of hydrogen-bond donors (Lipinski definition) is 1. The molecule has 114 valence electrons. The first-order chi connectivity index (χ1) is 10.8. The van der Waals surface area contributed by atoms with Crippen LogP contribution in [0.5, 0.6) is 11.5 Å². The molecular formula is C17H18N2O3. The van der Waals surface area contributed by atoms with Crippen molar-refractivity contribution >= 4 is 5.91 Å². The van der Waals surface area contributed by atoms with Gasteiger partial charge in [0.25, 0.3) is 5.91 Å². The normalized spacial score (nSPS) is 12.2. The van der Waals surface area contributed by atoms with Crippen molar-refractivity contribution in [1.82, 2.24) is 10.3 Å². The highest BCUT2D eigenvalue weighted by molar-refractivity contribution is 5.94. The number of unbranched alkanes of at least 4 members (excludes halogenated alkanes) is 1. The fourth-order valence-electron chi connectivity index (χ4n) is 2.34. The maximum Gasteiger partial charge on any atom is 0.251 e. The Hall–Kier alpha value is -2.56. The molecule has 1 N–H and O–H groups in total. The molecule has 3 rings (SSSR count). The van der Waals surface area contributed by atoms with E-state index in [-0.39, 0.29) is 12.7 Å². The number of carbonyl (C=O) groups excluding carboxylic acids is 1. The fraction of sp³-hybridized carbons (Fsp3) is 0.294. The molecule has 2 heterocycles. The van der Waals surface area contributed by atoms with Crippen LogP contribution in [0.25, 0.3) is 0 Å². The van der Waals surface area contributed by atoms with Crippen molar-refractivity contribution in [3.05, 3.63) is 53.9 Å². The van der Waals surface area contributed by atoms with Gasteiger partial charge in [-0.05, 0) is 49.1 Å². The lowest BCUT2D eigenvalue weighted by Crippen LogP contribution is -2.24. The van der Waals surface area contributed by atoms with Gasteiger partial charge in [0.05, 0.1) is 0 Å². The number of carbonyl (C=O) groups is 1. The molecule has 5 heteroatoms. The van der Waals surface area contributed by atoms with Crippen molar-refractivity contribution in [2.24, 2.45) is 0 Å². The van der Waals surface area contributed by atoms with Crippen LogP contribution in [0.4, 0.5) is 0 Å². The molecular weight excluding hydrogens is 280 g/mol. The number of amides is 1. The van der Waals surface area contributed by atoms with Gasteiger partial charge >= 0.3 is 0 Å². The number of aryl methyl sites for hydroxylation is 1. The summed E-state index contributed by atoms with van der Waals surface area (Å²) in [5.74, 6) is 1.23. The van der Waals surface area contributed by atoms with Gasteiger partial charge in [0.2, 0.25) is 6.79 Å². The van der Waals surface area contributed by atoms with Crippen LogP contribution >= 0.6 is 0 Å². The lowest BCUT2D eigenvalue weighted by Gasteiger charge is -2.06. The zero-order valence-corrected chi connectivity index (χ0v) is 12.2. The van der Waals surface area contributed by atoms with Crippen LogP contribution in [0, 0.1) is 0 Å². The Morgan fingerprint density at radius 3 is 2.95 bits per heavy atom. The fourth-order valence-corrected chi connectivity index (χ4v) is 2.34. The molecule has 0 aliphatic carbocycles. The predicted octanol–water partition coefficient (Wildman–Crippen LogP) is 2.56. The van der Waals surface area contributed by atoms with Gasteiger partial charge in [-0.2, -0.15) is 0 Å². The van der Waals surface area contributed by atoms with Crippen LogP contribution in [0.3, 0.4) is 0 Å². The number of benzene rings is 1. The molecule has 1 aromatic heterocycles. The zero-order chi connectivity index (χ0) is 15.2. The monoisotopic (exact) mass is 298 g/mol. The van der Waals surface area contributed by atoms with Gasteiger partial charge in [0.1, 0.15) is 0 Å². The molecule has 0 spiro atoms.